The minimum Gasteiger partial charge on any atom is -0.744 e. The van der Waals surface area contributed by atoms with Crippen LogP contribution in [0.4, 0.5) is 28.4 Å². The highest BCUT2D eigenvalue weighted by Gasteiger charge is 2.18. The van der Waals surface area contributed by atoms with E-state index < -0.39 is 20.2 Å². The van der Waals surface area contributed by atoms with Crippen LogP contribution in [0.3, 0.4) is 0 Å². The first-order valence-electron chi connectivity index (χ1n) is 13.7. The summed E-state index contributed by atoms with van der Waals surface area (Å²) in [5, 5.41) is 18.5. The Morgan fingerprint density at radius 3 is 1.52 bits per heavy atom. The van der Waals surface area contributed by atoms with Crippen LogP contribution in [0, 0.1) is 6.92 Å². The van der Waals surface area contributed by atoms with Gasteiger partial charge in [-0.25, -0.2) is 8.42 Å². The van der Waals surface area contributed by atoms with Gasteiger partial charge in [0.25, 0.3) is 10.1 Å². The number of hydrogen-bond donors (Lipinski definition) is 2. The molecule has 0 radical (unpaired) electrons. The predicted molar refractivity (Wildman–Crippen MR) is 175 cm³/mol. The van der Waals surface area contributed by atoms with E-state index in [0.29, 0.717) is 33.1 Å². The molecule has 0 bridgehead atoms. The summed E-state index contributed by atoms with van der Waals surface area (Å²) in [6, 6.07) is 30.1. The van der Waals surface area contributed by atoms with Crippen LogP contribution in [-0.2, 0) is 20.2 Å². The van der Waals surface area contributed by atoms with Gasteiger partial charge in [0.05, 0.1) is 27.6 Å². The zero-order valence-corrected chi connectivity index (χ0v) is 25.7. The standard InChI is InChI=1S/C33H25N5O6S2/c1-20-25-6-2-3-7-26(25)31(45(39,40)41)18-29(20)37-35-23-14-10-21(11-15-23)22-12-16-24(17-13-22)36-38-30-19-32(46(42,43)44)27-8-4-5-9-28(27)33(30)34/h2-19H,34H2,1H3,(H,39,40,41)(H,42,43,44)/p-1. The van der Waals surface area contributed by atoms with Crippen LogP contribution in [0.5, 0.6) is 0 Å². The third-order valence-electron chi connectivity index (χ3n) is 7.44. The van der Waals surface area contributed by atoms with Gasteiger partial charge in [0.2, 0.25) is 0 Å². The van der Waals surface area contributed by atoms with Crippen LogP contribution >= 0.6 is 0 Å². The van der Waals surface area contributed by atoms with E-state index >= 15 is 0 Å². The molecule has 0 spiro atoms. The summed E-state index contributed by atoms with van der Waals surface area (Å²) in [6.07, 6.45) is 0. The first kappa shape index (κ1) is 30.7. The summed E-state index contributed by atoms with van der Waals surface area (Å²) >= 11 is 0. The number of aryl methyl sites for hydroxylation is 1. The molecule has 0 aliphatic carbocycles. The Balaban J connectivity index is 1.22. The van der Waals surface area contributed by atoms with Crippen LogP contribution in [-0.4, -0.2) is 25.9 Å². The highest BCUT2D eigenvalue weighted by Crippen LogP contribution is 2.37. The fraction of sp³-hybridized carbons (Fsp3) is 0.0303. The Labute approximate surface area is 264 Å². The van der Waals surface area contributed by atoms with Gasteiger partial charge in [0, 0.05) is 10.8 Å². The topological polar surface area (TPSA) is 187 Å². The molecule has 0 aliphatic rings. The molecule has 6 rings (SSSR count). The first-order chi connectivity index (χ1) is 21.9. The quantitative estimate of drug-likeness (QED) is 0.0983. The molecular weight excluding hydrogens is 627 g/mol. The van der Waals surface area contributed by atoms with Crippen molar-refractivity contribution >= 4 is 70.2 Å². The van der Waals surface area contributed by atoms with E-state index in [4.69, 9.17) is 5.73 Å². The van der Waals surface area contributed by atoms with Gasteiger partial charge in [0.1, 0.15) is 20.7 Å². The van der Waals surface area contributed by atoms with Gasteiger partial charge < -0.3 is 10.3 Å². The van der Waals surface area contributed by atoms with Crippen LogP contribution in [0.1, 0.15) is 5.56 Å². The molecule has 0 saturated carbocycles. The van der Waals surface area contributed by atoms with E-state index in [2.05, 4.69) is 20.5 Å². The second-order valence-corrected chi connectivity index (χ2v) is 13.1. The Kier molecular flexibility index (Phi) is 7.92. The highest BCUT2D eigenvalue weighted by molar-refractivity contribution is 7.86. The second kappa shape index (κ2) is 11.9. The maximum atomic E-state index is 12.0. The molecule has 230 valence electrons. The number of nitrogens with zero attached hydrogens (tertiary/aromatic N) is 4. The molecule has 0 atom stereocenters. The third-order valence-corrected chi connectivity index (χ3v) is 9.21. The summed E-state index contributed by atoms with van der Waals surface area (Å²) in [6.45, 7) is 1.79. The molecule has 6 aromatic carbocycles. The van der Waals surface area contributed by atoms with Gasteiger partial charge in [-0.05, 0) is 70.8 Å². The number of nitrogens with two attached hydrogens (primary N) is 1. The van der Waals surface area contributed by atoms with Crippen LogP contribution in [0.25, 0.3) is 32.7 Å². The molecule has 13 heteroatoms. The lowest BCUT2D eigenvalue weighted by Gasteiger charge is -2.14. The number of rotatable bonds is 7. The van der Waals surface area contributed by atoms with Gasteiger partial charge in [-0.3, -0.25) is 4.55 Å². The molecule has 0 saturated heterocycles. The van der Waals surface area contributed by atoms with Crippen molar-refractivity contribution in [2.24, 2.45) is 20.5 Å². The molecule has 0 amide bonds. The number of benzene rings is 6. The van der Waals surface area contributed by atoms with Crippen molar-refractivity contribution in [3.63, 3.8) is 0 Å². The van der Waals surface area contributed by atoms with Crippen molar-refractivity contribution in [1.29, 1.82) is 0 Å². The molecule has 0 unspecified atom stereocenters. The van der Waals surface area contributed by atoms with Crippen molar-refractivity contribution in [3.05, 3.63) is 115 Å². The number of azo groups is 2. The molecule has 0 heterocycles. The average Bonchev–Trinajstić information content (AvgIpc) is 3.04. The lowest BCUT2D eigenvalue weighted by Crippen LogP contribution is -2.01. The summed E-state index contributed by atoms with van der Waals surface area (Å²) in [4.78, 5) is -0.651. The molecule has 0 fully saturated rings. The van der Waals surface area contributed by atoms with Crippen molar-refractivity contribution < 1.29 is 25.9 Å². The van der Waals surface area contributed by atoms with Gasteiger partial charge in [-0.15, -0.1) is 5.11 Å². The minimum atomic E-state index is -4.73. The third kappa shape index (κ3) is 6.12. The molecule has 6 aromatic rings. The van der Waals surface area contributed by atoms with Crippen LogP contribution in [0.2, 0.25) is 0 Å². The maximum Gasteiger partial charge on any atom is 0.295 e. The molecule has 0 aliphatic heterocycles. The summed E-state index contributed by atoms with van der Waals surface area (Å²) in [5.41, 5.74) is 10.3. The number of anilines is 1. The molecule has 11 nitrogen and oxygen atoms in total. The fourth-order valence-electron chi connectivity index (χ4n) is 5.09. The maximum absolute atomic E-state index is 12.0. The zero-order valence-electron chi connectivity index (χ0n) is 24.1. The summed E-state index contributed by atoms with van der Waals surface area (Å²) in [7, 11) is -9.26. The molecule has 46 heavy (non-hydrogen) atoms. The second-order valence-electron chi connectivity index (χ2n) is 10.3. The Morgan fingerprint density at radius 1 is 0.587 bits per heavy atom. The fourth-order valence-corrected chi connectivity index (χ4v) is 6.51. The van der Waals surface area contributed by atoms with Gasteiger partial charge >= 0.3 is 0 Å². The van der Waals surface area contributed by atoms with Gasteiger partial charge in [0.15, 0.2) is 0 Å². The lowest BCUT2D eigenvalue weighted by molar-refractivity contribution is 0.464. The average molecular weight is 651 g/mol. The Hall–Kier alpha value is -5.34. The molecular formula is C33H24N5O6S2-. The molecule has 3 N–H and O–H groups in total. The number of hydrogen-bond acceptors (Lipinski definition) is 10. The van der Waals surface area contributed by atoms with Gasteiger partial charge in [-0.2, -0.15) is 23.8 Å². The lowest BCUT2D eigenvalue weighted by atomic mass is 10.0. The largest absolute Gasteiger partial charge is 0.744 e. The summed E-state index contributed by atoms with van der Waals surface area (Å²) < 4.78 is 69.4. The predicted octanol–water partition coefficient (Wildman–Crippen LogP) is 8.53. The number of fused-ring (bicyclic) bond motifs is 2. The van der Waals surface area contributed by atoms with E-state index in [1.54, 1.807) is 79.7 Å². The van der Waals surface area contributed by atoms with Crippen molar-refractivity contribution in [2.75, 3.05) is 5.73 Å². The van der Waals surface area contributed by atoms with Crippen molar-refractivity contribution in [3.8, 4) is 11.1 Å². The minimum absolute atomic E-state index is 0.102. The van der Waals surface area contributed by atoms with Gasteiger partial charge in [-0.1, -0.05) is 72.8 Å². The van der Waals surface area contributed by atoms with Crippen LogP contribution in [0.15, 0.2) is 139 Å². The van der Waals surface area contributed by atoms with E-state index in [-0.39, 0.29) is 32.2 Å². The first-order valence-corrected chi connectivity index (χ1v) is 16.6. The highest BCUT2D eigenvalue weighted by atomic mass is 32.2. The van der Waals surface area contributed by atoms with E-state index in [9.17, 15) is 25.9 Å². The van der Waals surface area contributed by atoms with E-state index in [1.165, 1.54) is 12.1 Å². The Bertz CT molecular complexity index is 2250. The zero-order chi connectivity index (χ0) is 32.6. The van der Waals surface area contributed by atoms with Crippen molar-refractivity contribution in [2.45, 2.75) is 16.7 Å². The normalized spacial score (nSPS) is 12.5. The van der Waals surface area contributed by atoms with Crippen molar-refractivity contribution in [1.82, 2.24) is 0 Å². The molecule has 0 aromatic heterocycles. The monoisotopic (exact) mass is 650 g/mol. The van der Waals surface area contributed by atoms with E-state index in [1.807, 2.05) is 24.3 Å². The SMILES string of the molecule is Cc1c(N=Nc2ccc(-c3ccc(N=Nc4cc(S(=O)(=O)O)c5ccccc5c4N)cc3)cc2)cc(S(=O)(=O)[O-])c2ccccc12. The smallest absolute Gasteiger partial charge is 0.295 e. The van der Waals surface area contributed by atoms with Crippen LogP contribution < -0.4 is 5.73 Å². The Morgan fingerprint density at radius 2 is 1.02 bits per heavy atom. The summed E-state index contributed by atoms with van der Waals surface area (Å²) in [5.74, 6) is 0. The number of nitrogen functional groups attached to an aromatic ring is 1. The van der Waals surface area contributed by atoms with E-state index in [0.717, 1.165) is 11.1 Å².